The zero-order valence-electron chi connectivity index (χ0n) is 8.99. The molecule has 2 atom stereocenters. The summed E-state index contributed by atoms with van der Waals surface area (Å²) in [5.41, 5.74) is -0.575. The van der Waals surface area contributed by atoms with E-state index in [-0.39, 0.29) is 12.5 Å². The zero-order valence-corrected chi connectivity index (χ0v) is 8.99. The predicted octanol–water partition coefficient (Wildman–Crippen LogP) is 1.14. The van der Waals surface area contributed by atoms with Crippen molar-refractivity contribution in [3.05, 3.63) is 0 Å². The average Bonchev–Trinajstić information content (AvgIpc) is 2.22. The molecule has 0 aromatic heterocycles. The molecule has 0 bridgehead atoms. The molecule has 14 heavy (non-hydrogen) atoms. The fraction of sp³-hybridized carbons (Fsp3) is 0.800. The van der Waals surface area contributed by atoms with Gasteiger partial charge in [-0.05, 0) is 20.8 Å². The molecule has 0 N–H and O–H groups in total. The van der Waals surface area contributed by atoms with E-state index < -0.39 is 23.5 Å². The Morgan fingerprint density at radius 2 is 2.14 bits per heavy atom. The van der Waals surface area contributed by atoms with Gasteiger partial charge in [-0.15, -0.1) is 0 Å². The minimum atomic E-state index is -0.759. The van der Waals surface area contributed by atoms with Crippen molar-refractivity contribution in [2.75, 3.05) is 6.61 Å². The highest BCUT2D eigenvalue weighted by Gasteiger charge is 2.51. The van der Waals surface area contributed by atoms with Gasteiger partial charge in [0.1, 0.15) is 5.60 Å². The standard InChI is InChI=1S/C10H16O4/c1-5-13-8(11)7-6(2)10(3,4)14-9(7)12/h6-7H,5H2,1-4H3. The van der Waals surface area contributed by atoms with Gasteiger partial charge in [0.15, 0.2) is 5.92 Å². The highest BCUT2D eigenvalue weighted by Crippen LogP contribution is 2.37. The van der Waals surface area contributed by atoms with Gasteiger partial charge in [-0.3, -0.25) is 9.59 Å². The first kappa shape index (κ1) is 11.0. The molecule has 0 aromatic rings. The number of ether oxygens (including phenoxy) is 2. The quantitative estimate of drug-likeness (QED) is 0.495. The summed E-state index contributed by atoms with van der Waals surface area (Å²) in [6.45, 7) is 7.43. The normalized spacial score (nSPS) is 29.9. The van der Waals surface area contributed by atoms with E-state index >= 15 is 0 Å². The van der Waals surface area contributed by atoms with E-state index in [0.29, 0.717) is 0 Å². The van der Waals surface area contributed by atoms with Gasteiger partial charge < -0.3 is 9.47 Å². The fourth-order valence-electron chi connectivity index (χ4n) is 1.55. The Balaban J connectivity index is 2.80. The van der Waals surface area contributed by atoms with Gasteiger partial charge in [0.25, 0.3) is 0 Å². The Bertz CT molecular complexity index is 257. The molecule has 1 rings (SSSR count). The van der Waals surface area contributed by atoms with E-state index in [9.17, 15) is 9.59 Å². The van der Waals surface area contributed by atoms with Crippen LogP contribution in [0.25, 0.3) is 0 Å². The Morgan fingerprint density at radius 1 is 1.57 bits per heavy atom. The molecule has 0 amide bonds. The van der Waals surface area contributed by atoms with E-state index in [2.05, 4.69) is 0 Å². The van der Waals surface area contributed by atoms with Crippen molar-refractivity contribution in [2.45, 2.75) is 33.3 Å². The van der Waals surface area contributed by atoms with Crippen LogP contribution >= 0.6 is 0 Å². The fourth-order valence-corrected chi connectivity index (χ4v) is 1.55. The molecule has 1 fully saturated rings. The molecule has 0 spiro atoms. The maximum atomic E-state index is 11.4. The third kappa shape index (κ3) is 1.74. The first-order chi connectivity index (χ1) is 6.40. The smallest absolute Gasteiger partial charge is 0.321 e. The molecule has 0 aromatic carbocycles. The number of rotatable bonds is 2. The van der Waals surface area contributed by atoms with Crippen LogP contribution in [0.2, 0.25) is 0 Å². The first-order valence-corrected chi connectivity index (χ1v) is 4.79. The lowest BCUT2D eigenvalue weighted by Gasteiger charge is -2.22. The lowest BCUT2D eigenvalue weighted by atomic mass is 9.85. The van der Waals surface area contributed by atoms with Gasteiger partial charge in [-0.2, -0.15) is 0 Å². The maximum Gasteiger partial charge on any atom is 0.321 e. The lowest BCUT2D eigenvalue weighted by molar-refractivity contribution is -0.157. The number of esters is 2. The predicted molar refractivity (Wildman–Crippen MR) is 49.5 cm³/mol. The number of carbonyl (C=O) groups excluding carboxylic acids is 2. The minimum absolute atomic E-state index is 0.144. The van der Waals surface area contributed by atoms with E-state index in [1.54, 1.807) is 20.8 Å². The summed E-state index contributed by atoms with van der Waals surface area (Å²) in [7, 11) is 0. The van der Waals surface area contributed by atoms with Crippen LogP contribution in [0.5, 0.6) is 0 Å². The van der Waals surface area contributed by atoms with Gasteiger partial charge in [-0.25, -0.2) is 0 Å². The van der Waals surface area contributed by atoms with Gasteiger partial charge in [0, 0.05) is 5.92 Å². The monoisotopic (exact) mass is 200 g/mol. The van der Waals surface area contributed by atoms with Crippen molar-refractivity contribution in [1.29, 1.82) is 0 Å². The molecule has 1 aliphatic rings. The largest absolute Gasteiger partial charge is 0.465 e. The number of hydrogen-bond donors (Lipinski definition) is 0. The van der Waals surface area contributed by atoms with Crippen LogP contribution in [-0.4, -0.2) is 24.1 Å². The summed E-state index contributed by atoms with van der Waals surface area (Å²) in [5, 5.41) is 0. The van der Waals surface area contributed by atoms with Crippen molar-refractivity contribution >= 4 is 11.9 Å². The second-order valence-corrected chi connectivity index (χ2v) is 4.04. The topological polar surface area (TPSA) is 52.6 Å². The van der Waals surface area contributed by atoms with Crippen molar-refractivity contribution in [2.24, 2.45) is 11.8 Å². The molecule has 2 unspecified atom stereocenters. The molecular formula is C10H16O4. The van der Waals surface area contributed by atoms with Gasteiger partial charge >= 0.3 is 11.9 Å². The minimum Gasteiger partial charge on any atom is -0.465 e. The van der Waals surface area contributed by atoms with Crippen LogP contribution in [0.3, 0.4) is 0 Å². The average molecular weight is 200 g/mol. The Labute approximate surface area is 83.6 Å². The van der Waals surface area contributed by atoms with Crippen LogP contribution in [0, 0.1) is 11.8 Å². The van der Waals surface area contributed by atoms with Crippen LogP contribution < -0.4 is 0 Å². The van der Waals surface area contributed by atoms with Crippen molar-refractivity contribution in [1.82, 2.24) is 0 Å². The third-order valence-electron chi connectivity index (χ3n) is 2.75. The summed E-state index contributed by atoms with van der Waals surface area (Å²) < 4.78 is 9.92. The SMILES string of the molecule is CCOC(=O)C1C(=O)OC(C)(C)C1C. The summed E-state index contributed by atoms with van der Waals surface area (Å²) in [5.74, 6) is -1.85. The molecule has 1 heterocycles. The summed E-state index contributed by atoms with van der Waals surface area (Å²) in [6, 6.07) is 0. The van der Waals surface area contributed by atoms with Crippen molar-refractivity contribution < 1.29 is 19.1 Å². The van der Waals surface area contributed by atoms with Crippen molar-refractivity contribution in [3.8, 4) is 0 Å². The number of hydrogen-bond acceptors (Lipinski definition) is 4. The van der Waals surface area contributed by atoms with Crippen LogP contribution in [-0.2, 0) is 19.1 Å². The molecule has 4 nitrogen and oxygen atoms in total. The lowest BCUT2D eigenvalue weighted by Crippen LogP contribution is -2.31. The molecule has 1 aliphatic heterocycles. The molecule has 0 aliphatic carbocycles. The molecule has 0 saturated carbocycles. The van der Waals surface area contributed by atoms with Gasteiger partial charge in [-0.1, -0.05) is 6.92 Å². The van der Waals surface area contributed by atoms with Crippen LogP contribution in [0.4, 0.5) is 0 Å². The van der Waals surface area contributed by atoms with E-state index in [0.717, 1.165) is 0 Å². The van der Waals surface area contributed by atoms with E-state index in [4.69, 9.17) is 9.47 Å². The summed E-state index contributed by atoms with van der Waals surface area (Å²) in [4.78, 5) is 22.8. The van der Waals surface area contributed by atoms with Gasteiger partial charge in [0.2, 0.25) is 0 Å². The summed E-state index contributed by atoms with van der Waals surface area (Å²) >= 11 is 0. The molecule has 0 radical (unpaired) electrons. The van der Waals surface area contributed by atoms with E-state index in [1.165, 1.54) is 0 Å². The third-order valence-corrected chi connectivity index (χ3v) is 2.75. The second kappa shape index (κ2) is 3.59. The number of cyclic esters (lactones) is 1. The highest BCUT2D eigenvalue weighted by molar-refractivity contribution is 5.97. The zero-order chi connectivity index (χ0) is 10.9. The van der Waals surface area contributed by atoms with E-state index in [1.807, 2.05) is 6.92 Å². The summed E-state index contributed by atoms with van der Waals surface area (Å²) in [6.07, 6.45) is 0. The Hall–Kier alpha value is -1.06. The van der Waals surface area contributed by atoms with Crippen LogP contribution in [0.15, 0.2) is 0 Å². The first-order valence-electron chi connectivity index (χ1n) is 4.79. The van der Waals surface area contributed by atoms with Crippen molar-refractivity contribution in [3.63, 3.8) is 0 Å². The molecule has 4 heteroatoms. The Kier molecular flexibility index (Phi) is 2.83. The maximum absolute atomic E-state index is 11.4. The second-order valence-electron chi connectivity index (χ2n) is 4.04. The highest BCUT2D eigenvalue weighted by atomic mass is 16.6. The van der Waals surface area contributed by atoms with Gasteiger partial charge in [0.05, 0.1) is 6.61 Å². The number of carbonyl (C=O) groups is 2. The Morgan fingerprint density at radius 3 is 2.50 bits per heavy atom. The molecule has 80 valence electrons. The molecule has 1 saturated heterocycles. The molecular weight excluding hydrogens is 184 g/mol. The van der Waals surface area contributed by atoms with Crippen LogP contribution in [0.1, 0.15) is 27.7 Å².